The smallest absolute Gasteiger partial charge is 0.169 e. The highest BCUT2D eigenvalue weighted by Crippen LogP contribution is 2.22. The van der Waals surface area contributed by atoms with Gasteiger partial charge in [-0.25, -0.2) is 0 Å². The molecule has 0 spiro atoms. The predicted octanol–water partition coefficient (Wildman–Crippen LogP) is 1.32. The van der Waals surface area contributed by atoms with Gasteiger partial charge in [-0.2, -0.15) is 0 Å². The van der Waals surface area contributed by atoms with E-state index in [9.17, 15) is 0 Å². The van der Waals surface area contributed by atoms with Crippen LogP contribution in [-0.4, -0.2) is 32.1 Å². The van der Waals surface area contributed by atoms with Gasteiger partial charge >= 0.3 is 0 Å². The second-order valence-electron chi connectivity index (χ2n) is 1.64. The van der Waals surface area contributed by atoms with Crippen molar-refractivity contribution in [1.29, 1.82) is 0 Å². The lowest BCUT2D eigenvalue weighted by atomic mass is 10.3. The van der Waals surface area contributed by atoms with Crippen LogP contribution in [0, 0.1) is 0 Å². The number of hydrogen-bond donors (Lipinski definition) is 2. The van der Waals surface area contributed by atoms with Crippen molar-refractivity contribution in [2.45, 2.75) is 21.9 Å². The molecule has 0 radical (unpaired) electrons. The van der Waals surface area contributed by atoms with Gasteiger partial charge in [0.05, 0.1) is 5.38 Å². The van der Waals surface area contributed by atoms with Crippen LogP contribution in [-0.2, 0) is 0 Å². The number of alkyl halides is 4. The highest BCUT2D eigenvalue weighted by atomic mass is 35.5. The Labute approximate surface area is 78.6 Å². The molecule has 62 valence electrons. The lowest BCUT2D eigenvalue weighted by Gasteiger charge is -2.17. The van der Waals surface area contributed by atoms with Crippen LogP contribution >= 0.6 is 46.4 Å². The van der Waals surface area contributed by atoms with Crippen molar-refractivity contribution in [3.05, 3.63) is 0 Å². The molecule has 0 aliphatic rings. The Kier molecular flexibility index (Phi) is 5.38. The molecule has 0 aliphatic heterocycles. The number of aliphatic hydroxyl groups is 2. The summed E-state index contributed by atoms with van der Waals surface area (Å²) >= 11 is 21.4. The lowest BCUT2D eigenvalue weighted by Crippen LogP contribution is -2.32. The van der Waals surface area contributed by atoms with E-state index in [1.165, 1.54) is 0 Å². The maximum Gasteiger partial charge on any atom is 0.169 e. The number of aliphatic hydroxyl groups excluding tert-OH is 1. The monoisotopic (exact) mass is 226 g/mol. The molecular weight excluding hydrogens is 222 g/mol. The fourth-order valence-electron chi connectivity index (χ4n) is 0.303. The van der Waals surface area contributed by atoms with E-state index in [1.54, 1.807) is 0 Å². The first-order chi connectivity index (χ1) is 4.46. The van der Waals surface area contributed by atoms with Crippen LogP contribution in [0.2, 0.25) is 0 Å². The van der Waals surface area contributed by atoms with E-state index in [1.807, 2.05) is 0 Å². The molecule has 0 rings (SSSR count). The molecule has 2 unspecified atom stereocenters. The minimum atomic E-state index is -1.70. The first-order valence-corrected chi connectivity index (χ1v) is 4.14. The Bertz CT molecular complexity index is 85.3. The van der Waals surface area contributed by atoms with Gasteiger partial charge in [0.25, 0.3) is 0 Å². The van der Waals surface area contributed by atoms with E-state index < -0.39 is 21.9 Å². The molecule has 0 aliphatic carbocycles. The van der Waals surface area contributed by atoms with E-state index in [4.69, 9.17) is 56.6 Å². The van der Waals surface area contributed by atoms with Gasteiger partial charge in [0, 0.05) is 0 Å². The molecule has 0 aromatic rings. The summed E-state index contributed by atoms with van der Waals surface area (Å²) in [6.45, 7) is 0. The van der Waals surface area contributed by atoms with Gasteiger partial charge in [0.2, 0.25) is 0 Å². The minimum absolute atomic E-state index is 0.870. The summed E-state index contributed by atoms with van der Waals surface area (Å²) in [5.74, 6) is 0. The summed E-state index contributed by atoms with van der Waals surface area (Å²) in [6, 6.07) is 0. The molecule has 2 nitrogen and oxygen atoms in total. The van der Waals surface area contributed by atoms with E-state index in [-0.39, 0.29) is 0 Å². The Hall–Kier alpha value is 1.08. The summed E-state index contributed by atoms with van der Waals surface area (Å²) in [5, 5.41) is 15.0. The minimum Gasteiger partial charge on any atom is -0.367 e. The predicted molar refractivity (Wildman–Crippen MR) is 43.0 cm³/mol. The quantitative estimate of drug-likeness (QED) is 0.564. The topological polar surface area (TPSA) is 40.5 Å². The Morgan fingerprint density at radius 3 is 1.30 bits per heavy atom. The average Bonchev–Trinajstić information content (AvgIpc) is 1.84. The molecule has 6 heteroatoms. The van der Waals surface area contributed by atoms with Gasteiger partial charge in [-0.1, -0.05) is 0 Å². The molecule has 0 heterocycles. The molecule has 2 atom stereocenters. The molecular formula is C4H6Cl4O2. The molecule has 0 amide bonds. The fourth-order valence-corrected chi connectivity index (χ4v) is 1.04. The molecule has 0 aromatic carbocycles. The summed E-state index contributed by atoms with van der Waals surface area (Å²) in [5.41, 5.74) is 0. The maximum atomic E-state index is 8.46. The molecule has 2 N–H and O–H groups in total. The molecule has 0 bridgehead atoms. The Morgan fingerprint density at radius 2 is 1.20 bits per heavy atom. The third-order valence-corrected chi connectivity index (χ3v) is 2.78. The van der Waals surface area contributed by atoms with Crippen molar-refractivity contribution in [2.24, 2.45) is 0 Å². The standard InChI is InChI=1S/C4H6Cl4O2/c5-1(3(7)8)2(6)4(9)10/h1-4,9-10H. The van der Waals surface area contributed by atoms with E-state index >= 15 is 0 Å². The van der Waals surface area contributed by atoms with Crippen LogP contribution in [0.25, 0.3) is 0 Å². The van der Waals surface area contributed by atoms with Crippen molar-refractivity contribution in [3.8, 4) is 0 Å². The summed E-state index contributed by atoms with van der Waals surface area (Å²) in [7, 11) is 0. The lowest BCUT2D eigenvalue weighted by molar-refractivity contribution is -0.0416. The van der Waals surface area contributed by atoms with E-state index in [0.29, 0.717) is 0 Å². The van der Waals surface area contributed by atoms with Gasteiger partial charge in [-0.3, -0.25) is 0 Å². The fraction of sp³-hybridized carbons (Fsp3) is 1.00. The molecule has 0 saturated carbocycles. The number of rotatable bonds is 3. The Morgan fingerprint density at radius 1 is 0.800 bits per heavy atom. The van der Waals surface area contributed by atoms with Crippen molar-refractivity contribution in [2.75, 3.05) is 0 Å². The van der Waals surface area contributed by atoms with Gasteiger partial charge < -0.3 is 10.2 Å². The molecule has 0 aromatic heterocycles. The zero-order valence-corrected chi connectivity index (χ0v) is 7.74. The van der Waals surface area contributed by atoms with E-state index in [0.717, 1.165) is 0 Å². The summed E-state index contributed by atoms with van der Waals surface area (Å²) in [6.07, 6.45) is -1.70. The van der Waals surface area contributed by atoms with Crippen molar-refractivity contribution in [1.82, 2.24) is 0 Å². The van der Waals surface area contributed by atoms with E-state index in [2.05, 4.69) is 0 Å². The highest BCUT2D eigenvalue weighted by Gasteiger charge is 2.27. The molecule has 0 fully saturated rings. The normalized spacial score (nSPS) is 18.0. The van der Waals surface area contributed by atoms with Crippen LogP contribution in [0.4, 0.5) is 0 Å². The first-order valence-electron chi connectivity index (χ1n) is 2.39. The van der Waals surface area contributed by atoms with Gasteiger partial charge in [-0.15, -0.1) is 46.4 Å². The largest absolute Gasteiger partial charge is 0.367 e. The highest BCUT2D eigenvalue weighted by molar-refractivity contribution is 6.49. The van der Waals surface area contributed by atoms with Crippen LogP contribution in [0.5, 0.6) is 0 Å². The van der Waals surface area contributed by atoms with Crippen LogP contribution in [0.15, 0.2) is 0 Å². The average molecular weight is 228 g/mol. The van der Waals surface area contributed by atoms with Crippen LogP contribution in [0.3, 0.4) is 0 Å². The Balaban J connectivity index is 3.81. The second-order valence-corrected chi connectivity index (χ2v) is 3.81. The maximum absolute atomic E-state index is 8.46. The zero-order chi connectivity index (χ0) is 8.31. The third-order valence-electron chi connectivity index (χ3n) is 0.830. The number of halogens is 4. The SMILES string of the molecule is OC(O)C(Cl)C(Cl)C(Cl)Cl. The van der Waals surface area contributed by atoms with Crippen molar-refractivity contribution in [3.63, 3.8) is 0 Å². The van der Waals surface area contributed by atoms with Crippen molar-refractivity contribution >= 4 is 46.4 Å². The second kappa shape index (κ2) is 4.86. The summed E-state index contributed by atoms with van der Waals surface area (Å²) < 4.78 is 0. The van der Waals surface area contributed by atoms with Crippen LogP contribution in [0.1, 0.15) is 0 Å². The van der Waals surface area contributed by atoms with Gasteiger partial charge in [0.15, 0.2) is 6.29 Å². The number of hydrogen-bond acceptors (Lipinski definition) is 2. The van der Waals surface area contributed by atoms with Crippen molar-refractivity contribution < 1.29 is 10.2 Å². The zero-order valence-electron chi connectivity index (χ0n) is 4.72. The van der Waals surface area contributed by atoms with Gasteiger partial charge in [-0.05, 0) is 0 Å². The summed E-state index contributed by atoms with van der Waals surface area (Å²) in [4.78, 5) is -0.911. The van der Waals surface area contributed by atoms with Crippen LogP contribution < -0.4 is 0 Å². The third kappa shape index (κ3) is 3.46. The first kappa shape index (κ1) is 11.1. The molecule has 0 saturated heterocycles. The van der Waals surface area contributed by atoms with Gasteiger partial charge in [0.1, 0.15) is 10.2 Å². The molecule has 10 heavy (non-hydrogen) atoms.